The average Bonchev–Trinajstić information content (AvgIpc) is 2.83. The minimum Gasteiger partial charge on any atom is -0.508 e. The van der Waals surface area contributed by atoms with E-state index in [9.17, 15) is 19.8 Å². The van der Waals surface area contributed by atoms with Crippen LogP contribution < -0.4 is 0 Å². The number of ether oxygens (including phenoxy) is 1. The zero-order chi connectivity index (χ0) is 20.5. The summed E-state index contributed by atoms with van der Waals surface area (Å²) in [6.07, 6.45) is 0.908. The Morgan fingerprint density at radius 2 is 1.89 bits per heavy atom. The Bertz CT molecular complexity index is 877. The molecule has 148 valence electrons. The molecule has 0 unspecified atom stereocenters. The van der Waals surface area contributed by atoms with Gasteiger partial charge in [0, 0.05) is 28.7 Å². The summed E-state index contributed by atoms with van der Waals surface area (Å²) in [5, 5.41) is 20.7. The van der Waals surface area contributed by atoms with Crippen LogP contribution in [0, 0.1) is 12.8 Å². The first kappa shape index (κ1) is 20.8. The molecule has 2 rings (SSSR count). The van der Waals surface area contributed by atoms with Crippen molar-refractivity contribution in [1.82, 2.24) is 4.57 Å². The molecule has 0 amide bonds. The Labute approximate surface area is 159 Å². The van der Waals surface area contributed by atoms with Gasteiger partial charge in [0.2, 0.25) is 0 Å². The number of rotatable bonds is 7. The number of aromatic hydroxyl groups is 1. The van der Waals surface area contributed by atoms with Crippen LogP contribution in [-0.4, -0.2) is 33.3 Å². The summed E-state index contributed by atoms with van der Waals surface area (Å²) in [5.41, 5.74) is 0.648. The minimum atomic E-state index is -1.37. The van der Waals surface area contributed by atoms with E-state index in [1.165, 1.54) is 19.9 Å². The number of carboxylic acids is 1. The van der Waals surface area contributed by atoms with Gasteiger partial charge in [-0.1, -0.05) is 13.8 Å². The van der Waals surface area contributed by atoms with Crippen LogP contribution >= 0.6 is 0 Å². The number of phenolic OH excluding ortho intramolecular Hbond substituents is 1. The van der Waals surface area contributed by atoms with Crippen molar-refractivity contribution in [3.8, 4) is 5.75 Å². The summed E-state index contributed by atoms with van der Waals surface area (Å²) in [4.78, 5) is 24.6. The van der Waals surface area contributed by atoms with E-state index in [-0.39, 0.29) is 17.9 Å². The fourth-order valence-corrected chi connectivity index (χ4v) is 3.42. The molecule has 0 bridgehead atoms. The first-order valence-corrected chi connectivity index (χ1v) is 9.29. The van der Waals surface area contributed by atoms with Gasteiger partial charge >= 0.3 is 11.9 Å². The predicted molar refractivity (Wildman–Crippen MR) is 104 cm³/mol. The third kappa shape index (κ3) is 3.66. The van der Waals surface area contributed by atoms with Crippen LogP contribution in [0.2, 0.25) is 0 Å². The van der Waals surface area contributed by atoms with Gasteiger partial charge in [-0.3, -0.25) is 4.79 Å². The molecule has 6 heteroatoms. The number of hydrogen-bond donors (Lipinski definition) is 2. The predicted octanol–water partition coefficient (Wildman–Crippen LogP) is 4.24. The van der Waals surface area contributed by atoms with Gasteiger partial charge in [0.1, 0.15) is 5.75 Å². The number of carbonyl (C=O) groups is 2. The second kappa shape index (κ2) is 7.62. The molecule has 0 spiro atoms. The summed E-state index contributed by atoms with van der Waals surface area (Å²) in [6, 6.07) is 3.24. The molecule has 6 nitrogen and oxygen atoms in total. The monoisotopic (exact) mass is 375 g/mol. The van der Waals surface area contributed by atoms with Gasteiger partial charge in [0.15, 0.2) is 0 Å². The lowest BCUT2D eigenvalue weighted by molar-refractivity contribution is -0.142. The molecule has 27 heavy (non-hydrogen) atoms. The molecule has 0 aliphatic carbocycles. The van der Waals surface area contributed by atoms with Crippen LogP contribution in [0.5, 0.6) is 5.75 Å². The lowest BCUT2D eigenvalue weighted by atomic mass is 9.81. The molecule has 1 aromatic heterocycles. The van der Waals surface area contributed by atoms with E-state index in [1.54, 1.807) is 13.0 Å². The maximum atomic E-state index is 12.7. The van der Waals surface area contributed by atoms with Crippen molar-refractivity contribution < 1.29 is 24.5 Å². The van der Waals surface area contributed by atoms with Crippen LogP contribution in [0.1, 0.15) is 62.7 Å². The molecule has 0 aliphatic rings. The highest BCUT2D eigenvalue weighted by atomic mass is 16.5. The topological polar surface area (TPSA) is 88.8 Å². The van der Waals surface area contributed by atoms with Gasteiger partial charge in [0.05, 0.1) is 17.6 Å². The van der Waals surface area contributed by atoms with E-state index in [2.05, 4.69) is 13.8 Å². The standard InChI is InChI=1S/C21H29NO5/c1-7-27-19(24)16-13(4)22(11-10-12(2)3)14-8-9-15(23)18(17(14)16)21(5,6)20(25)26/h8-9,12,23H,7,10-11H2,1-6H3,(H,25,26). The maximum absolute atomic E-state index is 12.7. The zero-order valence-electron chi connectivity index (χ0n) is 16.9. The number of aryl methyl sites for hydroxylation is 1. The Morgan fingerprint density at radius 1 is 1.26 bits per heavy atom. The Kier molecular flexibility index (Phi) is 5.88. The number of carbonyl (C=O) groups excluding carboxylic acids is 1. The molecule has 1 heterocycles. The lowest BCUT2D eigenvalue weighted by Crippen LogP contribution is -2.29. The molecule has 0 aliphatic heterocycles. The van der Waals surface area contributed by atoms with Gasteiger partial charge in [-0.25, -0.2) is 4.79 Å². The SMILES string of the molecule is CCOC(=O)c1c(C)n(CCC(C)C)c2ccc(O)c(C(C)(C)C(=O)O)c12. The third-order valence-corrected chi connectivity index (χ3v) is 5.04. The molecule has 2 aromatic rings. The van der Waals surface area contributed by atoms with Crippen molar-refractivity contribution >= 4 is 22.8 Å². The van der Waals surface area contributed by atoms with Crippen molar-refractivity contribution in [3.63, 3.8) is 0 Å². The molecule has 2 N–H and O–H groups in total. The van der Waals surface area contributed by atoms with E-state index in [1.807, 2.05) is 11.5 Å². The lowest BCUT2D eigenvalue weighted by Gasteiger charge is -2.22. The number of phenols is 1. The normalized spacial score (nSPS) is 12.0. The first-order chi connectivity index (χ1) is 12.5. The number of hydrogen-bond acceptors (Lipinski definition) is 4. The Balaban J connectivity index is 2.91. The quantitative estimate of drug-likeness (QED) is 0.707. The number of carboxylic acid groups (broad SMARTS) is 1. The Morgan fingerprint density at radius 3 is 2.41 bits per heavy atom. The molecule has 0 saturated heterocycles. The van der Waals surface area contributed by atoms with Gasteiger partial charge < -0.3 is 19.5 Å². The second-order valence-corrected chi connectivity index (χ2v) is 7.80. The Hall–Kier alpha value is -2.50. The smallest absolute Gasteiger partial charge is 0.340 e. The summed E-state index contributed by atoms with van der Waals surface area (Å²) < 4.78 is 7.26. The number of fused-ring (bicyclic) bond motifs is 1. The van der Waals surface area contributed by atoms with Crippen molar-refractivity contribution in [2.75, 3.05) is 6.61 Å². The number of nitrogens with zero attached hydrogens (tertiary/aromatic N) is 1. The summed E-state index contributed by atoms with van der Waals surface area (Å²) in [7, 11) is 0. The van der Waals surface area contributed by atoms with E-state index in [4.69, 9.17) is 4.74 Å². The number of benzene rings is 1. The summed E-state index contributed by atoms with van der Waals surface area (Å²) in [6.45, 7) is 11.8. The maximum Gasteiger partial charge on any atom is 0.340 e. The molecule has 0 fully saturated rings. The highest BCUT2D eigenvalue weighted by Crippen LogP contribution is 2.41. The highest BCUT2D eigenvalue weighted by Gasteiger charge is 2.37. The minimum absolute atomic E-state index is 0.138. The molecular formula is C21H29NO5. The van der Waals surface area contributed by atoms with Crippen molar-refractivity contribution in [3.05, 3.63) is 29.0 Å². The van der Waals surface area contributed by atoms with Crippen LogP contribution in [0.3, 0.4) is 0 Å². The largest absolute Gasteiger partial charge is 0.508 e. The van der Waals surface area contributed by atoms with Crippen molar-refractivity contribution in [2.24, 2.45) is 5.92 Å². The van der Waals surface area contributed by atoms with Crippen LogP contribution in [-0.2, 0) is 21.5 Å². The summed E-state index contributed by atoms with van der Waals surface area (Å²) in [5.74, 6) is -1.24. The first-order valence-electron chi connectivity index (χ1n) is 9.29. The van der Waals surface area contributed by atoms with E-state index in [0.717, 1.165) is 17.6 Å². The van der Waals surface area contributed by atoms with Crippen LogP contribution in [0.4, 0.5) is 0 Å². The van der Waals surface area contributed by atoms with Gasteiger partial charge in [-0.15, -0.1) is 0 Å². The number of esters is 1. The van der Waals surface area contributed by atoms with E-state index < -0.39 is 17.4 Å². The molecule has 0 saturated carbocycles. The van der Waals surface area contributed by atoms with Crippen molar-refractivity contribution in [1.29, 1.82) is 0 Å². The number of aromatic nitrogens is 1. The van der Waals surface area contributed by atoms with Gasteiger partial charge in [-0.2, -0.15) is 0 Å². The van der Waals surface area contributed by atoms with E-state index in [0.29, 0.717) is 23.4 Å². The molecule has 0 atom stereocenters. The summed E-state index contributed by atoms with van der Waals surface area (Å²) >= 11 is 0. The third-order valence-electron chi connectivity index (χ3n) is 5.04. The number of aliphatic carboxylic acids is 1. The fourth-order valence-electron chi connectivity index (χ4n) is 3.42. The van der Waals surface area contributed by atoms with Gasteiger partial charge in [0.25, 0.3) is 0 Å². The average molecular weight is 375 g/mol. The van der Waals surface area contributed by atoms with Crippen molar-refractivity contribution in [2.45, 2.75) is 59.9 Å². The van der Waals surface area contributed by atoms with Gasteiger partial charge in [-0.05, 0) is 52.2 Å². The second-order valence-electron chi connectivity index (χ2n) is 7.80. The fraction of sp³-hybridized carbons (Fsp3) is 0.524. The van der Waals surface area contributed by atoms with Crippen LogP contribution in [0.15, 0.2) is 12.1 Å². The highest BCUT2D eigenvalue weighted by molar-refractivity contribution is 6.09. The molecule has 0 radical (unpaired) electrons. The molecular weight excluding hydrogens is 346 g/mol. The van der Waals surface area contributed by atoms with Crippen LogP contribution in [0.25, 0.3) is 10.9 Å². The van der Waals surface area contributed by atoms with E-state index >= 15 is 0 Å². The molecule has 1 aromatic carbocycles. The zero-order valence-corrected chi connectivity index (χ0v) is 16.9.